The van der Waals surface area contributed by atoms with Gasteiger partial charge in [-0.05, 0) is 32.0 Å². The van der Waals surface area contributed by atoms with E-state index >= 15 is 0 Å². The minimum atomic E-state index is -0.621. The molecule has 0 bridgehead atoms. The quantitative estimate of drug-likeness (QED) is 0.857. The molecule has 126 valence electrons. The maximum Gasteiger partial charge on any atom is 0.331 e. The highest BCUT2D eigenvalue weighted by atomic mass is 79.9. The normalized spacial score (nSPS) is 18.4. The highest BCUT2D eigenvalue weighted by Crippen LogP contribution is 2.23. The average molecular weight is 394 g/mol. The zero-order chi connectivity index (χ0) is 17.4. The summed E-state index contributed by atoms with van der Waals surface area (Å²) in [4.78, 5) is 33.2. The summed E-state index contributed by atoms with van der Waals surface area (Å²) >= 11 is 3.39. The maximum atomic E-state index is 12.5. The molecule has 1 aliphatic heterocycles. The first-order valence-corrected chi connectivity index (χ1v) is 8.16. The monoisotopic (exact) mass is 393 g/mol. The highest BCUT2D eigenvalue weighted by Gasteiger charge is 2.32. The standard InChI is InChI=1S/C16H16BrN3O4/c1-8-9(2)20(24-10(3)21)19-13(16(8)22)7-15-18-12-6-11(17)4-5-14(12)23-15/h4-6,13,19H,7H2,1-3H3. The first-order valence-electron chi connectivity index (χ1n) is 7.36. The zero-order valence-corrected chi connectivity index (χ0v) is 15.0. The van der Waals surface area contributed by atoms with Gasteiger partial charge in [0.1, 0.15) is 11.6 Å². The molecule has 8 heteroatoms. The fourth-order valence-corrected chi connectivity index (χ4v) is 2.81. The first-order chi connectivity index (χ1) is 11.3. The van der Waals surface area contributed by atoms with Crippen LogP contribution in [0, 0.1) is 0 Å². The number of carbonyl (C=O) groups is 2. The SMILES string of the molecule is CC(=O)ON1NC(Cc2nc3cc(Br)ccc3o2)C(=O)C(C)=C1C. The van der Waals surface area contributed by atoms with E-state index in [1.54, 1.807) is 13.8 Å². The van der Waals surface area contributed by atoms with Crippen molar-refractivity contribution < 1.29 is 18.8 Å². The van der Waals surface area contributed by atoms with Crippen molar-refractivity contribution in [1.29, 1.82) is 0 Å². The van der Waals surface area contributed by atoms with Gasteiger partial charge < -0.3 is 9.25 Å². The van der Waals surface area contributed by atoms with Gasteiger partial charge in [-0.15, -0.1) is 5.17 Å². The van der Waals surface area contributed by atoms with Crippen LogP contribution in [0.4, 0.5) is 0 Å². The molecule has 1 N–H and O–H groups in total. The Kier molecular flexibility index (Phi) is 4.42. The number of benzene rings is 1. The summed E-state index contributed by atoms with van der Waals surface area (Å²) < 4.78 is 6.59. The molecule has 2 heterocycles. The van der Waals surface area contributed by atoms with Crippen LogP contribution < -0.4 is 5.43 Å². The molecule has 0 amide bonds. The number of ketones is 1. The van der Waals surface area contributed by atoms with Crippen molar-refractivity contribution in [3.8, 4) is 0 Å². The lowest BCUT2D eigenvalue weighted by atomic mass is 10.00. The third-order valence-electron chi connectivity index (χ3n) is 3.80. The molecule has 0 aliphatic carbocycles. The number of hydrogen-bond donors (Lipinski definition) is 1. The van der Waals surface area contributed by atoms with Crippen LogP contribution in [0.1, 0.15) is 26.7 Å². The van der Waals surface area contributed by atoms with Gasteiger partial charge in [-0.2, -0.15) is 5.43 Å². The molecular weight excluding hydrogens is 378 g/mol. The largest absolute Gasteiger partial charge is 0.441 e. The Balaban J connectivity index is 1.85. The minimum Gasteiger partial charge on any atom is -0.441 e. The van der Waals surface area contributed by atoms with Gasteiger partial charge in [-0.1, -0.05) is 15.9 Å². The number of aromatic nitrogens is 1. The molecule has 0 fully saturated rings. The van der Waals surface area contributed by atoms with Gasteiger partial charge in [0, 0.05) is 23.4 Å². The molecule has 7 nitrogen and oxygen atoms in total. The molecule has 1 aromatic heterocycles. The lowest BCUT2D eigenvalue weighted by Crippen LogP contribution is -2.53. The predicted octanol–water partition coefficient (Wildman–Crippen LogP) is 2.66. The molecule has 1 aromatic carbocycles. The molecule has 2 aromatic rings. The van der Waals surface area contributed by atoms with E-state index < -0.39 is 12.0 Å². The second-order valence-corrected chi connectivity index (χ2v) is 6.47. The van der Waals surface area contributed by atoms with Crippen LogP contribution in [-0.2, 0) is 20.8 Å². The van der Waals surface area contributed by atoms with Crippen molar-refractivity contribution in [3.05, 3.63) is 39.8 Å². The number of hydrogen-bond acceptors (Lipinski definition) is 7. The van der Waals surface area contributed by atoms with Crippen molar-refractivity contribution >= 4 is 38.8 Å². The van der Waals surface area contributed by atoms with E-state index in [-0.39, 0.29) is 12.2 Å². The molecule has 1 atom stereocenters. The fourth-order valence-electron chi connectivity index (χ4n) is 2.46. The third kappa shape index (κ3) is 3.20. The lowest BCUT2D eigenvalue weighted by Gasteiger charge is -2.33. The molecule has 0 saturated carbocycles. The Morgan fingerprint density at radius 2 is 2.21 bits per heavy atom. The predicted molar refractivity (Wildman–Crippen MR) is 89.3 cm³/mol. The van der Waals surface area contributed by atoms with Gasteiger partial charge in [0.25, 0.3) is 0 Å². The second kappa shape index (κ2) is 6.37. The Morgan fingerprint density at radius 3 is 2.92 bits per heavy atom. The molecule has 24 heavy (non-hydrogen) atoms. The summed E-state index contributed by atoms with van der Waals surface area (Å²) in [5.74, 6) is -0.127. The first kappa shape index (κ1) is 16.7. The highest BCUT2D eigenvalue weighted by molar-refractivity contribution is 9.10. The number of Topliss-reactive ketones (excluding diaryl/α,β-unsaturated/α-hetero) is 1. The Hall–Kier alpha value is -2.19. The molecule has 0 spiro atoms. The van der Waals surface area contributed by atoms with Crippen molar-refractivity contribution in [2.24, 2.45) is 0 Å². The summed E-state index contributed by atoms with van der Waals surface area (Å²) in [6.45, 7) is 4.70. The maximum absolute atomic E-state index is 12.5. The lowest BCUT2D eigenvalue weighted by molar-refractivity contribution is -0.197. The number of hydrazine groups is 1. The molecule has 0 saturated heterocycles. The summed E-state index contributed by atoms with van der Waals surface area (Å²) in [6, 6.07) is 4.90. The van der Waals surface area contributed by atoms with Crippen molar-refractivity contribution in [1.82, 2.24) is 15.6 Å². The number of nitrogens with zero attached hydrogens (tertiary/aromatic N) is 2. The van der Waals surface area contributed by atoms with Gasteiger partial charge in [-0.3, -0.25) is 4.79 Å². The number of nitrogens with one attached hydrogen (secondary N) is 1. The number of carbonyl (C=O) groups excluding carboxylic acids is 2. The Bertz CT molecular complexity index is 858. The van der Waals surface area contributed by atoms with E-state index in [0.29, 0.717) is 28.3 Å². The van der Waals surface area contributed by atoms with E-state index in [0.717, 1.165) is 4.47 Å². The van der Waals surface area contributed by atoms with Crippen LogP contribution in [0.15, 0.2) is 38.4 Å². The second-order valence-electron chi connectivity index (χ2n) is 5.56. The molecule has 0 radical (unpaired) electrons. The number of halogens is 1. The van der Waals surface area contributed by atoms with E-state index in [9.17, 15) is 9.59 Å². The molecule has 3 rings (SSSR count). The number of rotatable bonds is 3. The van der Waals surface area contributed by atoms with E-state index in [4.69, 9.17) is 9.25 Å². The number of fused-ring (bicyclic) bond motifs is 1. The fraction of sp³-hybridized carbons (Fsp3) is 0.312. The van der Waals surface area contributed by atoms with Crippen LogP contribution in [0.3, 0.4) is 0 Å². The smallest absolute Gasteiger partial charge is 0.331 e. The number of allylic oxidation sites excluding steroid dienone is 1. The van der Waals surface area contributed by atoms with Crippen LogP contribution in [0.2, 0.25) is 0 Å². The topological polar surface area (TPSA) is 84.7 Å². The van der Waals surface area contributed by atoms with Crippen LogP contribution in [-0.4, -0.2) is 28.0 Å². The van der Waals surface area contributed by atoms with Gasteiger partial charge in [0.15, 0.2) is 17.3 Å². The Morgan fingerprint density at radius 1 is 1.46 bits per heavy atom. The summed E-state index contributed by atoms with van der Waals surface area (Å²) in [6.07, 6.45) is 0.244. The van der Waals surface area contributed by atoms with Gasteiger partial charge in [0.2, 0.25) is 0 Å². The van der Waals surface area contributed by atoms with Crippen molar-refractivity contribution in [3.63, 3.8) is 0 Å². The van der Waals surface area contributed by atoms with E-state index in [1.807, 2.05) is 18.2 Å². The van der Waals surface area contributed by atoms with Crippen LogP contribution >= 0.6 is 15.9 Å². The molecule has 1 aliphatic rings. The summed E-state index contributed by atoms with van der Waals surface area (Å²) in [7, 11) is 0. The zero-order valence-electron chi connectivity index (χ0n) is 13.4. The summed E-state index contributed by atoms with van der Waals surface area (Å²) in [5.41, 5.74) is 5.33. The summed E-state index contributed by atoms with van der Waals surface area (Å²) in [5, 5.41) is 1.23. The average Bonchev–Trinajstić information content (AvgIpc) is 2.91. The third-order valence-corrected chi connectivity index (χ3v) is 4.29. The van der Waals surface area contributed by atoms with E-state index in [1.165, 1.54) is 12.1 Å². The Labute approximate surface area is 146 Å². The van der Waals surface area contributed by atoms with Gasteiger partial charge in [-0.25, -0.2) is 9.78 Å². The minimum absolute atomic E-state index is 0.0839. The van der Waals surface area contributed by atoms with Crippen LogP contribution in [0.5, 0.6) is 0 Å². The van der Waals surface area contributed by atoms with Crippen molar-refractivity contribution in [2.45, 2.75) is 33.2 Å². The number of oxazole rings is 1. The molecule has 1 unspecified atom stereocenters. The van der Waals surface area contributed by atoms with Crippen LogP contribution in [0.25, 0.3) is 11.1 Å². The van der Waals surface area contributed by atoms with E-state index in [2.05, 4.69) is 26.3 Å². The van der Waals surface area contributed by atoms with Gasteiger partial charge in [0.05, 0.1) is 5.70 Å². The number of hydroxylamine groups is 1. The molecular formula is C16H16BrN3O4. The van der Waals surface area contributed by atoms with Gasteiger partial charge >= 0.3 is 5.97 Å². The van der Waals surface area contributed by atoms with Crippen molar-refractivity contribution in [2.75, 3.05) is 0 Å².